The molecule has 0 amide bonds. The predicted octanol–water partition coefficient (Wildman–Crippen LogP) is 2.81. The van der Waals surface area contributed by atoms with Gasteiger partial charge in [-0.2, -0.15) is 0 Å². The van der Waals surface area contributed by atoms with Gasteiger partial charge >= 0.3 is 0 Å². The lowest BCUT2D eigenvalue weighted by Crippen LogP contribution is -2.52. The van der Waals surface area contributed by atoms with E-state index in [4.69, 9.17) is 0 Å². The standard InChI is InChI=1S/C17H29N3S/c1-14-5-8-19(9-6-14)13-16(17-4-3-11-21-17)20-10-7-18-15(2)12-20/h3-4,11,14-16,18H,5-10,12-13H2,1-2H3. The quantitative estimate of drug-likeness (QED) is 0.923. The molecule has 1 aromatic heterocycles. The Balaban J connectivity index is 1.67. The van der Waals surface area contributed by atoms with E-state index in [1.165, 1.54) is 45.6 Å². The summed E-state index contributed by atoms with van der Waals surface area (Å²) in [5.74, 6) is 0.917. The molecule has 0 bridgehead atoms. The summed E-state index contributed by atoms with van der Waals surface area (Å²) in [6.07, 6.45) is 2.74. The van der Waals surface area contributed by atoms with Crippen LogP contribution in [-0.2, 0) is 0 Å². The van der Waals surface area contributed by atoms with E-state index in [9.17, 15) is 0 Å². The fourth-order valence-electron chi connectivity index (χ4n) is 3.60. The molecule has 0 spiro atoms. The molecule has 118 valence electrons. The van der Waals surface area contributed by atoms with Gasteiger partial charge in [-0.15, -0.1) is 11.3 Å². The average molecular weight is 308 g/mol. The van der Waals surface area contributed by atoms with Gasteiger partial charge in [-0.05, 0) is 50.2 Å². The zero-order valence-electron chi connectivity index (χ0n) is 13.4. The summed E-state index contributed by atoms with van der Waals surface area (Å²) in [6.45, 7) is 12.0. The van der Waals surface area contributed by atoms with Crippen molar-refractivity contribution in [3.8, 4) is 0 Å². The van der Waals surface area contributed by atoms with Crippen molar-refractivity contribution < 1.29 is 0 Å². The molecule has 2 fully saturated rings. The smallest absolute Gasteiger partial charge is 0.0570 e. The molecule has 3 rings (SSSR count). The number of hydrogen-bond donors (Lipinski definition) is 1. The van der Waals surface area contributed by atoms with Crippen molar-refractivity contribution in [3.05, 3.63) is 22.4 Å². The molecule has 2 unspecified atom stereocenters. The van der Waals surface area contributed by atoms with Gasteiger partial charge in [0.25, 0.3) is 0 Å². The van der Waals surface area contributed by atoms with Crippen LogP contribution in [0.4, 0.5) is 0 Å². The Kier molecular flexibility index (Phi) is 5.33. The molecule has 2 atom stereocenters. The van der Waals surface area contributed by atoms with E-state index >= 15 is 0 Å². The molecule has 21 heavy (non-hydrogen) atoms. The second-order valence-electron chi connectivity index (χ2n) is 6.86. The number of rotatable bonds is 4. The summed E-state index contributed by atoms with van der Waals surface area (Å²) in [6, 6.07) is 5.73. The lowest BCUT2D eigenvalue weighted by molar-refractivity contribution is 0.0945. The van der Waals surface area contributed by atoms with Crippen molar-refractivity contribution >= 4 is 11.3 Å². The van der Waals surface area contributed by atoms with Crippen LogP contribution in [0, 0.1) is 5.92 Å². The second-order valence-corrected chi connectivity index (χ2v) is 7.84. The normalized spacial score (nSPS) is 27.8. The monoisotopic (exact) mass is 307 g/mol. The summed E-state index contributed by atoms with van der Waals surface area (Å²) < 4.78 is 0. The average Bonchev–Trinajstić information content (AvgIpc) is 3.00. The maximum Gasteiger partial charge on any atom is 0.0570 e. The van der Waals surface area contributed by atoms with Crippen LogP contribution >= 0.6 is 11.3 Å². The number of nitrogens with one attached hydrogen (secondary N) is 1. The van der Waals surface area contributed by atoms with Gasteiger partial charge in [0.1, 0.15) is 0 Å². The SMILES string of the molecule is CC1CCN(CC(c2cccs2)N2CCNC(C)C2)CC1. The zero-order chi connectivity index (χ0) is 14.7. The van der Waals surface area contributed by atoms with E-state index in [1.54, 1.807) is 4.88 Å². The van der Waals surface area contributed by atoms with E-state index in [0.717, 1.165) is 12.5 Å². The third-order valence-corrected chi connectivity index (χ3v) is 5.99. The van der Waals surface area contributed by atoms with E-state index in [2.05, 4.69) is 46.5 Å². The first-order valence-electron chi connectivity index (χ1n) is 8.45. The molecule has 0 saturated carbocycles. The second kappa shape index (κ2) is 7.23. The van der Waals surface area contributed by atoms with Crippen LogP contribution in [0.25, 0.3) is 0 Å². The Hall–Kier alpha value is -0.420. The van der Waals surface area contributed by atoms with Crippen LogP contribution in [0.5, 0.6) is 0 Å². The molecule has 2 saturated heterocycles. The Labute approximate surface area is 133 Å². The van der Waals surface area contributed by atoms with Crippen molar-refractivity contribution in [1.82, 2.24) is 15.1 Å². The van der Waals surface area contributed by atoms with Gasteiger partial charge in [0.2, 0.25) is 0 Å². The highest BCUT2D eigenvalue weighted by Crippen LogP contribution is 2.28. The van der Waals surface area contributed by atoms with E-state index < -0.39 is 0 Å². The summed E-state index contributed by atoms with van der Waals surface area (Å²) >= 11 is 1.93. The Morgan fingerprint density at radius 2 is 2.10 bits per heavy atom. The molecule has 3 heterocycles. The first kappa shape index (κ1) is 15.5. The fraction of sp³-hybridized carbons (Fsp3) is 0.765. The summed E-state index contributed by atoms with van der Waals surface area (Å²) in [5.41, 5.74) is 0. The van der Waals surface area contributed by atoms with Crippen molar-refractivity contribution in [1.29, 1.82) is 0 Å². The van der Waals surface area contributed by atoms with Gasteiger partial charge in [0, 0.05) is 37.1 Å². The Morgan fingerprint density at radius 3 is 2.76 bits per heavy atom. The van der Waals surface area contributed by atoms with Crippen molar-refractivity contribution in [2.45, 2.75) is 38.8 Å². The molecule has 1 N–H and O–H groups in total. The van der Waals surface area contributed by atoms with Gasteiger partial charge in [-0.3, -0.25) is 4.90 Å². The maximum absolute atomic E-state index is 3.57. The van der Waals surface area contributed by atoms with E-state index in [1.807, 2.05) is 11.3 Å². The lowest BCUT2D eigenvalue weighted by Gasteiger charge is -2.41. The van der Waals surface area contributed by atoms with E-state index in [0.29, 0.717) is 12.1 Å². The van der Waals surface area contributed by atoms with Gasteiger partial charge in [-0.25, -0.2) is 0 Å². The van der Waals surface area contributed by atoms with Crippen molar-refractivity contribution in [2.24, 2.45) is 5.92 Å². The minimum absolute atomic E-state index is 0.586. The first-order chi connectivity index (χ1) is 10.2. The van der Waals surface area contributed by atoms with Crippen LogP contribution in [0.1, 0.15) is 37.6 Å². The summed E-state index contributed by atoms with van der Waals surface area (Å²) in [7, 11) is 0. The number of nitrogens with zero attached hydrogens (tertiary/aromatic N) is 2. The summed E-state index contributed by atoms with van der Waals surface area (Å²) in [4.78, 5) is 6.94. The number of hydrogen-bond acceptors (Lipinski definition) is 4. The zero-order valence-corrected chi connectivity index (χ0v) is 14.2. The predicted molar refractivity (Wildman–Crippen MR) is 90.9 cm³/mol. The highest BCUT2D eigenvalue weighted by Gasteiger charge is 2.28. The topological polar surface area (TPSA) is 18.5 Å². The van der Waals surface area contributed by atoms with Gasteiger partial charge in [0.15, 0.2) is 0 Å². The van der Waals surface area contributed by atoms with Crippen LogP contribution in [0.3, 0.4) is 0 Å². The fourth-order valence-corrected chi connectivity index (χ4v) is 4.45. The van der Waals surface area contributed by atoms with Gasteiger partial charge in [0.05, 0.1) is 6.04 Å². The molecular formula is C17H29N3S. The van der Waals surface area contributed by atoms with Crippen LogP contribution in [0.2, 0.25) is 0 Å². The number of piperidine rings is 1. The Morgan fingerprint density at radius 1 is 1.29 bits per heavy atom. The minimum Gasteiger partial charge on any atom is -0.312 e. The van der Waals surface area contributed by atoms with E-state index in [-0.39, 0.29) is 0 Å². The summed E-state index contributed by atoms with van der Waals surface area (Å²) in [5, 5.41) is 5.80. The van der Waals surface area contributed by atoms with Crippen LogP contribution < -0.4 is 5.32 Å². The van der Waals surface area contributed by atoms with Crippen molar-refractivity contribution in [3.63, 3.8) is 0 Å². The Bertz CT molecular complexity index is 412. The first-order valence-corrected chi connectivity index (χ1v) is 9.33. The number of likely N-dealkylation sites (tertiary alicyclic amines) is 1. The molecule has 1 aromatic rings. The molecule has 4 heteroatoms. The molecule has 2 aliphatic rings. The lowest BCUT2D eigenvalue weighted by atomic mass is 9.98. The van der Waals surface area contributed by atoms with Crippen LogP contribution in [0.15, 0.2) is 17.5 Å². The minimum atomic E-state index is 0.586. The van der Waals surface area contributed by atoms with Gasteiger partial charge in [-0.1, -0.05) is 13.0 Å². The largest absolute Gasteiger partial charge is 0.312 e. The molecular weight excluding hydrogens is 278 g/mol. The third-order valence-electron chi connectivity index (χ3n) is 5.02. The molecule has 0 radical (unpaired) electrons. The molecule has 3 nitrogen and oxygen atoms in total. The number of piperazine rings is 1. The maximum atomic E-state index is 3.57. The molecule has 0 aromatic carbocycles. The highest BCUT2D eigenvalue weighted by molar-refractivity contribution is 7.10. The highest BCUT2D eigenvalue weighted by atomic mass is 32.1. The third kappa shape index (κ3) is 4.07. The van der Waals surface area contributed by atoms with Crippen LogP contribution in [-0.4, -0.2) is 55.1 Å². The molecule has 2 aliphatic heterocycles. The van der Waals surface area contributed by atoms with Crippen molar-refractivity contribution in [2.75, 3.05) is 39.3 Å². The number of thiophene rings is 1. The molecule has 0 aliphatic carbocycles. The van der Waals surface area contributed by atoms with Gasteiger partial charge < -0.3 is 10.2 Å².